The minimum Gasteiger partial charge on any atom is -0.464 e. The SMILES string of the molecule is CCOC(=O)C(F)CCCNC(=O)NC12CC3CC(CC(C3)C1)C2. The van der Waals surface area contributed by atoms with Crippen molar-refractivity contribution in [3.05, 3.63) is 0 Å². The van der Waals surface area contributed by atoms with Crippen molar-refractivity contribution in [3.8, 4) is 0 Å². The average molecular weight is 340 g/mol. The van der Waals surface area contributed by atoms with E-state index in [9.17, 15) is 14.0 Å². The third-order valence-corrected chi connectivity index (χ3v) is 5.88. The van der Waals surface area contributed by atoms with E-state index in [1.165, 1.54) is 19.3 Å². The molecule has 4 saturated carbocycles. The fourth-order valence-corrected chi connectivity index (χ4v) is 5.38. The first-order valence-electron chi connectivity index (χ1n) is 9.36. The number of halogens is 1. The van der Waals surface area contributed by atoms with Gasteiger partial charge < -0.3 is 15.4 Å². The molecule has 0 aliphatic heterocycles. The molecule has 0 aromatic heterocycles. The van der Waals surface area contributed by atoms with E-state index in [1.54, 1.807) is 6.92 Å². The van der Waals surface area contributed by atoms with Crippen LogP contribution in [0.5, 0.6) is 0 Å². The highest BCUT2D eigenvalue weighted by molar-refractivity contribution is 5.75. The van der Waals surface area contributed by atoms with E-state index < -0.39 is 12.1 Å². The molecular formula is C18H29FN2O3. The number of carbonyl (C=O) groups is 2. The first-order valence-corrected chi connectivity index (χ1v) is 9.36. The van der Waals surface area contributed by atoms with Gasteiger partial charge in [-0.15, -0.1) is 0 Å². The zero-order chi connectivity index (χ0) is 17.2. The summed E-state index contributed by atoms with van der Waals surface area (Å²) in [7, 11) is 0. The van der Waals surface area contributed by atoms with Crippen molar-refractivity contribution < 1.29 is 18.7 Å². The largest absolute Gasteiger partial charge is 0.464 e. The summed E-state index contributed by atoms with van der Waals surface area (Å²) in [4.78, 5) is 23.4. The number of hydrogen-bond acceptors (Lipinski definition) is 3. The lowest BCUT2D eigenvalue weighted by atomic mass is 9.53. The van der Waals surface area contributed by atoms with Crippen LogP contribution in [0.2, 0.25) is 0 Å². The number of amides is 2. The summed E-state index contributed by atoms with van der Waals surface area (Å²) in [5, 5.41) is 6.04. The molecule has 0 aromatic carbocycles. The van der Waals surface area contributed by atoms with Crippen LogP contribution in [0.25, 0.3) is 0 Å². The van der Waals surface area contributed by atoms with Crippen LogP contribution in [-0.2, 0) is 9.53 Å². The van der Waals surface area contributed by atoms with Crippen molar-refractivity contribution in [1.82, 2.24) is 10.6 Å². The molecule has 0 saturated heterocycles. The molecule has 4 fully saturated rings. The van der Waals surface area contributed by atoms with Gasteiger partial charge in [0.15, 0.2) is 6.17 Å². The van der Waals surface area contributed by atoms with Gasteiger partial charge in [-0.3, -0.25) is 0 Å². The first-order chi connectivity index (χ1) is 11.5. The molecule has 4 aliphatic rings. The Kier molecular flexibility index (Phi) is 5.30. The predicted octanol–water partition coefficient (Wildman–Crippen LogP) is 2.94. The average Bonchev–Trinajstić information content (AvgIpc) is 2.49. The molecular weight excluding hydrogens is 311 g/mol. The van der Waals surface area contributed by atoms with Gasteiger partial charge in [-0.2, -0.15) is 0 Å². The number of carbonyl (C=O) groups excluding carboxylic acids is 2. The van der Waals surface area contributed by atoms with Gasteiger partial charge in [-0.25, -0.2) is 14.0 Å². The van der Waals surface area contributed by atoms with Crippen LogP contribution < -0.4 is 10.6 Å². The van der Waals surface area contributed by atoms with Crippen LogP contribution in [0.15, 0.2) is 0 Å². The van der Waals surface area contributed by atoms with Crippen LogP contribution >= 0.6 is 0 Å². The van der Waals surface area contributed by atoms with Crippen LogP contribution in [0.1, 0.15) is 58.3 Å². The molecule has 0 aromatic rings. The van der Waals surface area contributed by atoms with Gasteiger partial charge in [-0.05, 0) is 76.0 Å². The maximum absolute atomic E-state index is 13.5. The Morgan fingerprint density at radius 3 is 2.29 bits per heavy atom. The first kappa shape index (κ1) is 17.5. The second kappa shape index (κ2) is 7.28. The fraction of sp³-hybridized carbons (Fsp3) is 0.889. The molecule has 2 N–H and O–H groups in total. The Bertz CT molecular complexity index is 448. The summed E-state index contributed by atoms with van der Waals surface area (Å²) in [5.41, 5.74) is -0.00755. The normalized spacial score (nSPS) is 34.7. The van der Waals surface area contributed by atoms with Gasteiger partial charge >= 0.3 is 12.0 Å². The van der Waals surface area contributed by atoms with E-state index in [0.717, 1.165) is 37.0 Å². The fourth-order valence-electron chi connectivity index (χ4n) is 5.38. The molecule has 136 valence electrons. The van der Waals surface area contributed by atoms with Crippen molar-refractivity contribution in [2.24, 2.45) is 17.8 Å². The molecule has 1 atom stereocenters. The third kappa shape index (κ3) is 4.01. The molecule has 2 amide bonds. The Labute approximate surface area is 143 Å². The lowest BCUT2D eigenvalue weighted by Gasteiger charge is -2.56. The number of urea groups is 1. The summed E-state index contributed by atoms with van der Waals surface area (Å²) in [6.45, 7) is 2.21. The standard InChI is InChI=1S/C18H29FN2O3/c1-2-24-16(22)15(19)4-3-5-20-17(23)21-18-9-12-6-13(10-18)8-14(7-12)11-18/h12-15H,2-11H2,1H3,(H2,20,21,23). The monoisotopic (exact) mass is 340 g/mol. The number of esters is 1. The Morgan fingerprint density at radius 1 is 1.17 bits per heavy atom. The van der Waals surface area contributed by atoms with E-state index in [0.29, 0.717) is 13.0 Å². The number of hydrogen-bond donors (Lipinski definition) is 2. The van der Waals surface area contributed by atoms with Gasteiger partial charge in [0.25, 0.3) is 0 Å². The Balaban J connectivity index is 1.37. The number of rotatable bonds is 7. The maximum atomic E-state index is 13.5. The maximum Gasteiger partial charge on any atom is 0.340 e. The molecule has 0 heterocycles. The van der Waals surface area contributed by atoms with Crippen molar-refractivity contribution >= 4 is 12.0 Å². The highest BCUT2D eigenvalue weighted by Crippen LogP contribution is 2.55. The van der Waals surface area contributed by atoms with Gasteiger partial charge in [0, 0.05) is 12.1 Å². The summed E-state index contributed by atoms with van der Waals surface area (Å²) >= 11 is 0. The molecule has 4 bridgehead atoms. The highest BCUT2D eigenvalue weighted by atomic mass is 19.1. The summed E-state index contributed by atoms with van der Waals surface area (Å²) in [6.07, 6.45) is 6.27. The molecule has 1 unspecified atom stereocenters. The number of nitrogens with one attached hydrogen (secondary N) is 2. The topological polar surface area (TPSA) is 67.4 Å². The molecule has 0 spiro atoms. The van der Waals surface area contributed by atoms with Gasteiger partial charge in [0.2, 0.25) is 0 Å². The quantitative estimate of drug-likeness (QED) is 0.553. The highest BCUT2D eigenvalue weighted by Gasteiger charge is 2.51. The smallest absolute Gasteiger partial charge is 0.340 e. The minimum atomic E-state index is -1.60. The summed E-state index contributed by atoms with van der Waals surface area (Å²) in [6, 6.07) is -0.150. The van der Waals surface area contributed by atoms with Crippen LogP contribution in [0.3, 0.4) is 0 Å². The van der Waals surface area contributed by atoms with Crippen LogP contribution in [0.4, 0.5) is 9.18 Å². The third-order valence-electron chi connectivity index (χ3n) is 5.88. The second-order valence-electron chi connectivity index (χ2n) is 7.94. The molecule has 0 radical (unpaired) electrons. The minimum absolute atomic E-state index is 0.00755. The van der Waals surface area contributed by atoms with E-state index >= 15 is 0 Å². The van der Waals surface area contributed by atoms with Gasteiger partial charge in [-0.1, -0.05) is 0 Å². The van der Waals surface area contributed by atoms with E-state index in [1.807, 2.05) is 0 Å². The second-order valence-corrected chi connectivity index (χ2v) is 7.94. The zero-order valence-corrected chi connectivity index (χ0v) is 14.5. The van der Waals surface area contributed by atoms with Crippen molar-refractivity contribution in [2.45, 2.75) is 70.0 Å². The van der Waals surface area contributed by atoms with Crippen molar-refractivity contribution in [1.29, 1.82) is 0 Å². The Hall–Kier alpha value is -1.33. The van der Waals surface area contributed by atoms with Gasteiger partial charge in [0.05, 0.1) is 6.61 Å². The van der Waals surface area contributed by atoms with Gasteiger partial charge in [0.1, 0.15) is 0 Å². The van der Waals surface area contributed by atoms with Crippen molar-refractivity contribution in [2.75, 3.05) is 13.2 Å². The van der Waals surface area contributed by atoms with E-state index in [4.69, 9.17) is 0 Å². The number of ether oxygens (including phenoxy) is 1. The molecule has 4 rings (SSSR count). The van der Waals surface area contributed by atoms with E-state index in [-0.39, 0.29) is 24.6 Å². The Morgan fingerprint density at radius 2 is 1.75 bits per heavy atom. The van der Waals surface area contributed by atoms with Crippen molar-refractivity contribution in [3.63, 3.8) is 0 Å². The number of alkyl halides is 1. The summed E-state index contributed by atoms with van der Waals surface area (Å²) in [5.74, 6) is 1.55. The lowest BCUT2D eigenvalue weighted by molar-refractivity contribution is -0.149. The predicted molar refractivity (Wildman–Crippen MR) is 88.2 cm³/mol. The van der Waals surface area contributed by atoms with Crippen LogP contribution in [-0.4, -0.2) is 36.9 Å². The van der Waals surface area contributed by atoms with Crippen LogP contribution in [0, 0.1) is 17.8 Å². The molecule has 6 heteroatoms. The summed E-state index contributed by atoms with van der Waals surface area (Å²) < 4.78 is 18.1. The lowest BCUT2D eigenvalue weighted by Crippen LogP contribution is -2.61. The molecule has 5 nitrogen and oxygen atoms in total. The molecule has 24 heavy (non-hydrogen) atoms. The van der Waals surface area contributed by atoms with E-state index in [2.05, 4.69) is 15.4 Å². The zero-order valence-electron chi connectivity index (χ0n) is 14.5. The molecule has 4 aliphatic carbocycles.